The molecule has 12 heavy (non-hydrogen) atoms. The summed E-state index contributed by atoms with van der Waals surface area (Å²) in [6.45, 7) is 2.68. The molecule has 1 saturated heterocycles. The third-order valence-electron chi connectivity index (χ3n) is 1.44. The smallest absolute Gasteiger partial charge is 0.498 e. The van der Waals surface area contributed by atoms with Crippen molar-refractivity contribution in [2.45, 2.75) is 19.4 Å². The first-order chi connectivity index (χ1) is 5.83. The van der Waals surface area contributed by atoms with Crippen LogP contribution in [0.4, 0.5) is 4.79 Å². The Morgan fingerprint density at radius 1 is 1.75 bits per heavy atom. The van der Waals surface area contributed by atoms with Gasteiger partial charge in [-0.3, -0.25) is 0 Å². The SMILES string of the molecule is CC=COCC1CCOC(=O)O1. The predicted octanol–water partition coefficient (Wildman–Crippen LogP) is 1.46. The Balaban J connectivity index is 2.18. The number of allylic oxidation sites excluding steroid dienone is 1. The van der Waals surface area contributed by atoms with Crippen molar-refractivity contribution in [3.8, 4) is 0 Å². The quantitative estimate of drug-likeness (QED) is 0.477. The Kier molecular flexibility index (Phi) is 3.44. The molecule has 1 aliphatic rings. The zero-order valence-electron chi connectivity index (χ0n) is 6.99. The van der Waals surface area contributed by atoms with E-state index in [0.29, 0.717) is 19.6 Å². The van der Waals surface area contributed by atoms with Gasteiger partial charge in [-0.05, 0) is 6.92 Å². The van der Waals surface area contributed by atoms with E-state index in [0.717, 1.165) is 0 Å². The van der Waals surface area contributed by atoms with Crippen LogP contribution in [0.15, 0.2) is 12.3 Å². The molecule has 1 atom stereocenters. The third-order valence-corrected chi connectivity index (χ3v) is 1.44. The molecule has 0 aromatic rings. The molecular weight excluding hydrogens is 160 g/mol. The fraction of sp³-hybridized carbons (Fsp3) is 0.625. The van der Waals surface area contributed by atoms with Crippen LogP contribution in [0.5, 0.6) is 0 Å². The van der Waals surface area contributed by atoms with Crippen LogP contribution in [-0.4, -0.2) is 25.5 Å². The second-order valence-electron chi connectivity index (χ2n) is 2.43. The van der Waals surface area contributed by atoms with Gasteiger partial charge in [0.25, 0.3) is 0 Å². The van der Waals surface area contributed by atoms with Gasteiger partial charge in [0.1, 0.15) is 12.7 Å². The molecule has 0 N–H and O–H groups in total. The molecule has 4 nitrogen and oxygen atoms in total. The van der Waals surface area contributed by atoms with Gasteiger partial charge in [0.05, 0.1) is 12.9 Å². The van der Waals surface area contributed by atoms with Gasteiger partial charge in [0, 0.05) is 6.42 Å². The molecule has 1 aliphatic heterocycles. The minimum absolute atomic E-state index is 0.164. The Labute approximate surface area is 71.1 Å². The van der Waals surface area contributed by atoms with Gasteiger partial charge >= 0.3 is 6.16 Å². The molecule has 0 bridgehead atoms. The molecule has 1 rings (SSSR count). The van der Waals surface area contributed by atoms with Crippen molar-refractivity contribution < 1.29 is 19.0 Å². The highest BCUT2D eigenvalue weighted by atomic mass is 16.7. The minimum atomic E-state index is -0.602. The van der Waals surface area contributed by atoms with Crippen molar-refractivity contribution in [1.82, 2.24) is 0 Å². The third kappa shape index (κ3) is 2.82. The normalized spacial score (nSPS) is 23.4. The molecule has 1 unspecified atom stereocenters. The first-order valence-electron chi connectivity index (χ1n) is 3.89. The van der Waals surface area contributed by atoms with Crippen LogP contribution in [0.2, 0.25) is 0 Å². The molecule has 0 aromatic heterocycles. The number of hydrogen-bond donors (Lipinski definition) is 0. The highest BCUT2D eigenvalue weighted by molar-refractivity contribution is 5.60. The number of ether oxygens (including phenoxy) is 3. The van der Waals surface area contributed by atoms with Gasteiger partial charge in [-0.1, -0.05) is 6.08 Å². The topological polar surface area (TPSA) is 44.8 Å². The Morgan fingerprint density at radius 3 is 3.25 bits per heavy atom. The maximum absolute atomic E-state index is 10.6. The summed E-state index contributed by atoms with van der Waals surface area (Å²) in [5.41, 5.74) is 0. The Bertz CT molecular complexity index is 176. The van der Waals surface area contributed by atoms with Crippen LogP contribution in [0.25, 0.3) is 0 Å². The van der Waals surface area contributed by atoms with E-state index < -0.39 is 6.16 Å². The molecule has 1 fully saturated rings. The molecule has 4 heteroatoms. The lowest BCUT2D eigenvalue weighted by atomic mass is 10.3. The highest BCUT2D eigenvalue weighted by Gasteiger charge is 2.21. The fourth-order valence-electron chi connectivity index (χ4n) is 0.879. The predicted molar refractivity (Wildman–Crippen MR) is 41.6 cm³/mol. The van der Waals surface area contributed by atoms with E-state index >= 15 is 0 Å². The minimum Gasteiger partial charge on any atom is -0.498 e. The molecule has 1 heterocycles. The zero-order valence-corrected chi connectivity index (χ0v) is 6.99. The van der Waals surface area contributed by atoms with Gasteiger partial charge in [0.2, 0.25) is 0 Å². The number of carbonyl (C=O) groups is 1. The van der Waals surface area contributed by atoms with Crippen molar-refractivity contribution >= 4 is 6.16 Å². The Morgan fingerprint density at radius 2 is 2.58 bits per heavy atom. The average molecular weight is 172 g/mol. The van der Waals surface area contributed by atoms with Gasteiger partial charge < -0.3 is 14.2 Å². The average Bonchev–Trinajstić information content (AvgIpc) is 2.05. The van der Waals surface area contributed by atoms with Crippen molar-refractivity contribution in [2.75, 3.05) is 13.2 Å². The second-order valence-corrected chi connectivity index (χ2v) is 2.43. The van der Waals surface area contributed by atoms with E-state index in [1.54, 1.807) is 12.3 Å². The Hall–Kier alpha value is -1.19. The van der Waals surface area contributed by atoms with Gasteiger partial charge in [-0.25, -0.2) is 4.79 Å². The van der Waals surface area contributed by atoms with Crippen LogP contribution in [0, 0.1) is 0 Å². The zero-order chi connectivity index (χ0) is 8.81. The standard InChI is InChI=1S/C8H12O4/c1-2-4-10-6-7-3-5-11-8(9)12-7/h2,4,7H,3,5-6H2,1H3. The monoisotopic (exact) mass is 172 g/mol. The van der Waals surface area contributed by atoms with Gasteiger partial charge in [-0.2, -0.15) is 0 Å². The molecule has 0 spiro atoms. The molecule has 0 radical (unpaired) electrons. The van der Waals surface area contributed by atoms with E-state index in [-0.39, 0.29) is 6.10 Å². The summed E-state index contributed by atoms with van der Waals surface area (Å²) >= 11 is 0. The molecule has 68 valence electrons. The second kappa shape index (κ2) is 4.64. The molecule has 0 aromatic carbocycles. The van der Waals surface area contributed by atoms with Gasteiger partial charge in [0.15, 0.2) is 0 Å². The van der Waals surface area contributed by atoms with Crippen molar-refractivity contribution in [3.63, 3.8) is 0 Å². The summed E-state index contributed by atoms with van der Waals surface area (Å²) in [6, 6.07) is 0. The summed E-state index contributed by atoms with van der Waals surface area (Å²) in [5.74, 6) is 0. The van der Waals surface area contributed by atoms with Crippen molar-refractivity contribution in [2.24, 2.45) is 0 Å². The van der Waals surface area contributed by atoms with Crippen LogP contribution in [0.1, 0.15) is 13.3 Å². The van der Waals surface area contributed by atoms with E-state index in [2.05, 4.69) is 4.74 Å². The summed E-state index contributed by atoms with van der Waals surface area (Å²) in [4.78, 5) is 10.6. The molecule has 0 amide bonds. The lowest BCUT2D eigenvalue weighted by Crippen LogP contribution is -2.30. The summed E-state index contributed by atoms with van der Waals surface area (Å²) in [6.07, 6.45) is 3.28. The first kappa shape index (κ1) is 8.90. The number of cyclic esters (lactones) is 2. The van der Waals surface area contributed by atoms with Crippen LogP contribution >= 0.6 is 0 Å². The largest absolute Gasteiger partial charge is 0.508 e. The van der Waals surface area contributed by atoms with E-state index in [1.807, 2.05) is 6.92 Å². The van der Waals surface area contributed by atoms with E-state index in [1.165, 1.54) is 0 Å². The summed E-state index contributed by atoms with van der Waals surface area (Å²) in [7, 11) is 0. The fourth-order valence-corrected chi connectivity index (χ4v) is 0.879. The number of rotatable bonds is 3. The summed E-state index contributed by atoms with van der Waals surface area (Å²) in [5, 5.41) is 0. The number of carbonyl (C=O) groups excluding carboxylic acids is 1. The van der Waals surface area contributed by atoms with Gasteiger partial charge in [-0.15, -0.1) is 0 Å². The number of hydrogen-bond acceptors (Lipinski definition) is 4. The van der Waals surface area contributed by atoms with Crippen molar-refractivity contribution in [3.05, 3.63) is 12.3 Å². The molecular formula is C8H12O4. The van der Waals surface area contributed by atoms with Crippen molar-refractivity contribution in [1.29, 1.82) is 0 Å². The van der Waals surface area contributed by atoms with E-state index in [9.17, 15) is 4.79 Å². The van der Waals surface area contributed by atoms with E-state index in [4.69, 9.17) is 9.47 Å². The first-order valence-corrected chi connectivity index (χ1v) is 3.89. The van der Waals surface area contributed by atoms with Crippen LogP contribution < -0.4 is 0 Å². The maximum atomic E-state index is 10.6. The molecule has 0 aliphatic carbocycles. The summed E-state index contributed by atoms with van der Waals surface area (Å²) < 4.78 is 14.4. The lowest BCUT2D eigenvalue weighted by Gasteiger charge is -2.21. The molecule has 0 saturated carbocycles. The highest BCUT2D eigenvalue weighted by Crippen LogP contribution is 2.08. The maximum Gasteiger partial charge on any atom is 0.508 e. The van der Waals surface area contributed by atoms with Crippen LogP contribution in [0.3, 0.4) is 0 Å². The van der Waals surface area contributed by atoms with Crippen LogP contribution in [-0.2, 0) is 14.2 Å². The lowest BCUT2D eigenvalue weighted by molar-refractivity contribution is -0.0430.